The number of benzene rings is 4. The van der Waals surface area contributed by atoms with Crippen LogP contribution in [0.15, 0.2) is 91.0 Å². The lowest BCUT2D eigenvalue weighted by molar-refractivity contribution is -0.136. The van der Waals surface area contributed by atoms with E-state index in [1.54, 1.807) is 50.2 Å². The van der Waals surface area contributed by atoms with Crippen LogP contribution in [0.5, 0.6) is 5.75 Å². The Morgan fingerprint density at radius 3 is 2.13 bits per heavy atom. The SMILES string of the molecule is C.CCC(=O)/C(=C\Cc1cccc(CC(=O)O)c1)c1cc(-c2ccc(-c3ccccc3O)cc2)c(F)cc1C. The molecule has 4 nitrogen and oxygen atoms in total. The summed E-state index contributed by atoms with van der Waals surface area (Å²) < 4.78 is 15.2. The number of carboxylic acids is 1. The van der Waals surface area contributed by atoms with Crippen LogP contribution < -0.4 is 0 Å². The second kappa shape index (κ2) is 12.8. The first-order chi connectivity index (χ1) is 18.3. The number of carbonyl (C=O) groups excluding carboxylic acids is 1. The van der Waals surface area contributed by atoms with E-state index in [0.29, 0.717) is 51.8 Å². The zero-order valence-corrected chi connectivity index (χ0v) is 21.4. The van der Waals surface area contributed by atoms with Crippen LogP contribution in [0.1, 0.15) is 43.0 Å². The van der Waals surface area contributed by atoms with Crippen molar-refractivity contribution in [2.24, 2.45) is 0 Å². The van der Waals surface area contributed by atoms with Crippen LogP contribution in [-0.4, -0.2) is 22.0 Å². The van der Waals surface area contributed by atoms with Gasteiger partial charge in [0, 0.05) is 23.1 Å². The Labute approximate surface area is 229 Å². The number of hydrogen-bond donors (Lipinski definition) is 2. The quantitative estimate of drug-likeness (QED) is 0.217. The molecule has 0 spiro atoms. The van der Waals surface area contributed by atoms with E-state index in [1.807, 2.05) is 48.5 Å². The predicted octanol–water partition coefficient (Wildman–Crippen LogP) is 8.04. The molecule has 0 amide bonds. The lowest BCUT2D eigenvalue weighted by Gasteiger charge is -2.14. The van der Waals surface area contributed by atoms with Crippen molar-refractivity contribution >= 4 is 17.3 Å². The molecule has 0 heterocycles. The van der Waals surface area contributed by atoms with Crippen molar-refractivity contribution in [1.29, 1.82) is 0 Å². The van der Waals surface area contributed by atoms with Crippen LogP contribution in [0.3, 0.4) is 0 Å². The predicted molar refractivity (Wildman–Crippen MR) is 155 cm³/mol. The number of para-hydroxylation sites is 1. The Bertz CT molecular complexity index is 1520. The van der Waals surface area contributed by atoms with Gasteiger partial charge >= 0.3 is 5.97 Å². The highest BCUT2D eigenvalue weighted by atomic mass is 19.1. The minimum absolute atomic E-state index is 0. The van der Waals surface area contributed by atoms with Crippen molar-refractivity contribution in [2.45, 2.75) is 40.5 Å². The standard InChI is InChI=1S/C33H29FO4.CH4/c1-3-31(35)27(16-11-22-7-6-8-23(18-22)19-33(37)38)28-20-29(30(34)17-21(28)2)25-14-12-24(13-15-25)26-9-4-5-10-32(26)36;/h4-10,12-18,20,36H,3,11,19H2,1-2H3,(H,37,38);1H4/b27-16-;. The highest BCUT2D eigenvalue weighted by Crippen LogP contribution is 2.34. The summed E-state index contributed by atoms with van der Waals surface area (Å²) >= 11 is 0. The highest BCUT2D eigenvalue weighted by molar-refractivity contribution is 6.21. The van der Waals surface area contributed by atoms with E-state index in [4.69, 9.17) is 5.11 Å². The number of phenolic OH excluding ortho intramolecular Hbond substituents is 1. The maximum atomic E-state index is 15.2. The van der Waals surface area contributed by atoms with Crippen LogP contribution in [0, 0.1) is 12.7 Å². The number of carbonyl (C=O) groups is 2. The molecule has 200 valence electrons. The summed E-state index contributed by atoms with van der Waals surface area (Å²) in [5.41, 5.74) is 5.97. The van der Waals surface area contributed by atoms with Crippen molar-refractivity contribution in [1.82, 2.24) is 0 Å². The number of ketones is 1. The van der Waals surface area contributed by atoms with Crippen LogP contribution in [0.4, 0.5) is 4.39 Å². The van der Waals surface area contributed by atoms with E-state index in [2.05, 4.69) is 0 Å². The van der Waals surface area contributed by atoms with Crippen molar-refractivity contribution in [3.05, 3.63) is 119 Å². The normalized spacial score (nSPS) is 11.1. The summed E-state index contributed by atoms with van der Waals surface area (Å²) in [6.45, 7) is 3.58. The number of phenols is 1. The lowest BCUT2D eigenvalue weighted by atomic mass is 9.90. The third-order valence-corrected chi connectivity index (χ3v) is 6.53. The number of aromatic hydroxyl groups is 1. The van der Waals surface area contributed by atoms with Gasteiger partial charge in [-0.05, 0) is 64.9 Å². The minimum atomic E-state index is -0.900. The molecule has 0 fully saturated rings. The molecule has 4 aromatic carbocycles. The maximum Gasteiger partial charge on any atom is 0.307 e. The molecular formula is C34H33FO4. The van der Waals surface area contributed by atoms with Gasteiger partial charge in [-0.1, -0.05) is 87.2 Å². The molecule has 4 rings (SSSR count). The van der Waals surface area contributed by atoms with Crippen LogP contribution in [0.2, 0.25) is 0 Å². The summed E-state index contributed by atoms with van der Waals surface area (Å²) in [6, 6.07) is 24.8. The van der Waals surface area contributed by atoms with Gasteiger partial charge in [-0.15, -0.1) is 0 Å². The van der Waals surface area contributed by atoms with E-state index in [9.17, 15) is 14.7 Å². The van der Waals surface area contributed by atoms with Crippen LogP contribution >= 0.6 is 0 Å². The van der Waals surface area contributed by atoms with E-state index in [0.717, 1.165) is 11.1 Å². The Kier molecular flexibility index (Phi) is 9.56. The number of rotatable bonds is 9. The monoisotopic (exact) mass is 524 g/mol. The summed E-state index contributed by atoms with van der Waals surface area (Å²) in [6.07, 6.45) is 2.51. The van der Waals surface area contributed by atoms with Gasteiger partial charge in [-0.3, -0.25) is 9.59 Å². The second-order valence-corrected chi connectivity index (χ2v) is 9.23. The Morgan fingerprint density at radius 1 is 0.846 bits per heavy atom. The summed E-state index contributed by atoms with van der Waals surface area (Å²) in [5, 5.41) is 19.2. The van der Waals surface area contributed by atoms with Gasteiger partial charge < -0.3 is 10.2 Å². The lowest BCUT2D eigenvalue weighted by Crippen LogP contribution is -2.04. The van der Waals surface area contributed by atoms with E-state index < -0.39 is 5.97 Å². The molecule has 0 aliphatic carbocycles. The van der Waals surface area contributed by atoms with Crippen molar-refractivity contribution in [3.8, 4) is 28.0 Å². The highest BCUT2D eigenvalue weighted by Gasteiger charge is 2.17. The average Bonchev–Trinajstić information content (AvgIpc) is 2.90. The summed E-state index contributed by atoms with van der Waals surface area (Å²) in [5.74, 6) is -1.17. The number of halogens is 1. The average molecular weight is 525 g/mol. The van der Waals surface area contributed by atoms with Crippen molar-refractivity contribution in [2.75, 3.05) is 0 Å². The zero-order chi connectivity index (χ0) is 27.2. The number of hydrogen-bond acceptors (Lipinski definition) is 3. The smallest absolute Gasteiger partial charge is 0.307 e. The molecule has 2 N–H and O–H groups in total. The summed E-state index contributed by atoms with van der Waals surface area (Å²) in [7, 11) is 0. The topological polar surface area (TPSA) is 74.6 Å². The summed E-state index contributed by atoms with van der Waals surface area (Å²) in [4.78, 5) is 24.1. The van der Waals surface area contributed by atoms with Gasteiger partial charge in [-0.2, -0.15) is 0 Å². The van der Waals surface area contributed by atoms with E-state index >= 15 is 4.39 Å². The van der Waals surface area contributed by atoms with E-state index in [-0.39, 0.29) is 31.2 Å². The molecule has 0 saturated heterocycles. The molecule has 5 heteroatoms. The van der Waals surface area contributed by atoms with Crippen molar-refractivity contribution in [3.63, 3.8) is 0 Å². The Hall–Kier alpha value is -4.51. The molecule has 4 aromatic rings. The first kappa shape index (κ1) is 29.1. The van der Waals surface area contributed by atoms with Crippen LogP contribution in [-0.2, 0) is 22.4 Å². The molecule has 0 unspecified atom stereocenters. The number of allylic oxidation sites excluding steroid dienone is 2. The largest absolute Gasteiger partial charge is 0.507 e. The molecule has 0 bridgehead atoms. The van der Waals surface area contributed by atoms with Gasteiger partial charge in [-0.25, -0.2) is 4.39 Å². The van der Waals surface area contributed by atoms with Gasteiger partial charge in [0.05, 0.1) is 6.42 Å². The molecule has 0 radical (unpaired) electrons. The molecule has 0 atom stereocenters. The molecule has 0 aliphatic heterocycles. The first-order valence-corrected chi connectivity index (χ1v) is 12.5. The molecule has 0 saturated carbocycles. The maximum absolute atomic E-state index is 15.2. The minimum Gasteiger partial charge on any atom is -0.507 e. The number of carboxylic acid groups (broad SMARTS) is 1. The molecule has 0 aliphatic rings. The Morgan fingerprint density at radius 2 is 1.49 bits per heavy atom. The fourth-order valence-electron chi connectivity index (χ4n) is 4.56. The van der Waals surface area contributed by atoms with Gasteiger partial charge in [0.1, 0.15) is 11.6 Å². The number of aryl methyl sites for hydroxylation is 1. The number of Topliss-reactive ketones (excluding diaryl/α,β-unsaturated/α-hetero) is 1. The van der Waals surface area contributed by atoms with Crippen LogP contribution in [0.25, 0.3) is 27.8 Å². The second-order valence-electron chi connectivity index (χ2n) is 9.23. The third-order valence-electron chi connectivity index (χ3n) is 6.53. The molecule has 0 aromatic heterocycles. The Balaban J connectivity index is 0.00000420. The molecule has 39 heavy (non-hydrogen) atoms. The molecular weight excluding hydrogens is 491 g/mol. The van der Waals surface area contributed by atoms with Gasteiger partial charge in [0.15, 0.2) is 5.78 Å². The van der Waals surface area contributed by atoms with Crippen molar-refractivity contribution < 1.29 is 24.2 Å². The number of aliphatic carboxylic acids is 1. The van der Waals surface area contributed by atoms with Gasteiger partial charge in [0.25, 0.3) is 0 Å². The zero-order valence-electron chi connectivity index (χ0n) is 21.4. The fourth-order valence-corrected chi connectivity index (χ4v) is 4.56. The fraction of sp³-hybridized carbons (Fsp3) is 0.176. The van der Waals surface area contributed by atoms with Gasteiger partial charge in [0.2, 0.25) is 0 Å². The first-order valence-electron chi connectivity index (χ1n) is 12.5. The van der Waals surface area contributed by atoms with E-state index in [1.165, 1.54) is 6.07 Å². The third kappa shape index (κ3) is 6.88.